The second kappa shape index (κ2) is 9.41. The maximum atomic E-state index is 13.1. The summed E-state index contributed by atoms with van der Waals surface area (Å²) in [6.07, 6.45) is 0.729. The van der Waals surface area contributed by atoms with Crippen LogP contribution in [0.15, 0.2) is 42.5 Å². The molecule has 138 valence electrons. The van der Waals surface area contributed by atoms with Gasteiger partial charge in [-0.15, -0.1) is 0 Å². The van der Waals surface area contributed by atoms with Crippen LogP contribution in [0.3, 0.4) is 0 Å². The molecular weight excluding hydrogens is 339 g/mol. The molecule has 6 nitrogen and oxygen atoms in total. The van der Waals surface area contributed by atoms with Crippen LogP contribution < -0.4 is 20.5 Å². The molecule has 0 spiro atoms. The number of rotatable bonds is 9. The molecule has 0 bridgehead atoms. The highest BCUT2D eigenvalue weighted by molar-refractivity contribution is 5.76. The van der Waals surface area contributed by atoms with Gasteiger partial charge >= 0.3 is 0 Å². The number of benzene rings is 2. The fraction of sp³-hybridized carbons (Fsp3) is 0.263. The second-order valence-corrected chi connectivity index (χ2v) is 5.65. The molecular formula is C19H21FN2O4. The van der Waals surface area contributed by atoms with Crippen LogP contribution in [0.2, 0.25) is 0 Å². The lowest BCUT2D eigenvalue weighted by atomic mass is 10.1. The fourth-order valence-corrected chi connectivity index (χ4v) is 2.33. The van der Waals surface area contributed by atoms with E-state index in [1.807, 2.05) is 0 Å². The summed E-state index contributed by atoms with van der Waals surface area (Å²) in [5.41, 5.74) is 6.64. The van der Waals surface area contributed by atoms with Crippen LogP contribution in [0.25, 0.3) is 0 Å². The minimum Gasteiger partial charge on any atom is -0.493 e. The van der Waals surface area contributed by atoms with E-state index < -0.39 is 5.91 Å². The molecule has 2 aromatic carbocycles. The van der Waals surface area contributed by atoms with Crippen LogP contribution in [-0.2, 0) is 22.6 Å². The van der Waals surface area contributed by atoms with Gasteiger partial charge in [0, 0.05) is 13.0 Å². The number of amides is 2. The summed E-state index contributed by atoms with van der Waals surface area (Å²) in [6, 6.07) is 11.3. The standard InChI is InChI=1S/C19H21FN2O4/c1-25-17-10-14(5-7-16(17)26-12-18(21)23)11-22-19(24)8-6-13-3-2-4-15(20)9-13/h2-5,7,9-10H,6,8,11-12H2,1H3,(H2,21,23)(H,22,24). The zero-order valence-electron chi connectivity index (χ0n) is 14.5. The summed E-state index contributed by atoms with van der Waals surface area (Å²) in [5.74, 6) is -0.192. The number of carbonyl (C=O) groups excluding carboxylic acids is 2. The minimum atomic E-state index is -0.582. The highest BCUT2D eigenvalue weighted by Gasteiger charge is 2.08. The average molecular weight is 360 g/mol. The summed E-state index contributed by atoms with van der Waals surface area (Å²) in [7, 11) is 1.48. The molecule has 0 saturated carbocycles. The van der Waals surface area contributed by atoms with E-state index in [1.165, 1.54) is 19.2 Å². The van der Waals surface area contributed by atoms with Gasteiger partial charge in [-0.25, -0.2) is 4.39 Å². The first-order valence-electron chi connectivity index (χ1n) is 8.07. The Morgan fingerprint density at radius 2 is 1.92 bits per heavy atom. The molecule has 3 N–H and O–H groups in total. The van der Waals surface area contributed by atoms with E-state index in [-0.39, 0.29) is 24.8 Å². The normalized spacial score (nSPS) is 10.2. The largest absolute Gasteiger partial charge is 0.493 e. The summed E-state index contributed by atoms with van der Waals surface area (Å²) in [5, 5.41) is 2.80. The number of aryl methyl sites for hydroxylation is 1. The van der Waals surface area contributed by atoms with Crippen LogP contribution in [0.5, 0.6) is 11.5 Å². The molecule has 26 heavy (non-hydrogen) atoms. The van der Waals surface area contributed by atoms with Crippen LogP contribution in [-0.4, -0.2) is 25.5 Å². The molecule has 0 aliphatic carbocycles. The summed E-state index contributed by atoms with van der Waals surface area (Å²) in [6.45, 7) is 0.0704. The molecule has 0 unspecified atom stereocenters. The van der Waals surface area contributed by atoms with Crippen molar-refractivity contribution in [3.05, 3.63) is 59.4 Å². The first-order chi connectivity index (χ1) is 12.5. The summed E-state index contributed by atoms with van der Waals surface area (Å²) >= 11 is 0. The molecule has 0 atom stereocenters. The number of primary amides is 1. The van der Waals surface area contributed by atoms with Gasteiger partial charge in [-0.3, -0.25) is 9.59 Å². The SMILES string of the molecule is COc1cc(CNC(=O)CCc2cccc(F)c2)ccc1OCC(N)=O. The Morgan fingerprint density at radius 3 is 2.62 bits per heavy atom. The van der Waals surface area contributed by atoms with Crippen molar-refractivity contribution in [3.63, 3.8) is 0 Å². The van der Waals surface area contributed by atoms with Crippen LogP contribution in [0, 0.1) is 5.82 Å². The summed E-state index contributed by atoms with van der Waals surface area (Å²) < 4.78 is 23.6. The lowest BCUT2D eigenvalue weighted by Gasteiger charge is -2.12. The Hall–Kier alpha value is -3.09. The average Bonchev–Trinajstić information content (AvgIpc) is 2.63. The van der Waals surface area contributed by atoms with Gasteiger partial charge in [0.1, 0.15) is 5.82 Å². The van der Waals surface area contributed by atoms with E-state index in [1.54, 1.807) is 30.3 Å². The zero-order chi connectivity index (χ0) is 18.9. The third-order valence-electron chi connectivity index (χ3n) is 3.62. The molecule has 2 aromatic rings. The predicted molar refractivity (Wildman–Crippen MR) is 94.3 cm³/mol. The monoisotopic (exact) mass is 360 g/mol. The molecule has 0 saturated heterocycles. The van der Waals surface area contributed by atoms with Crippen molar-refractivity contribution in [2.45, 2.75) is 19.4 Å². The highest BCUT2D eigenvalue weighted by atomic mass is 19.1. The van der Waals surface area contributed by atoms with E-state index >= 15 is 0 Å². The lowest BCUT2D eigenvalue weighted by Crippen LogP contribution is -2.23. The molecule has 0 aromatic heterocycles. The molecule has 2 rings (SSSR count). The van der Waals surface area contributed by atoms with Crippen molar-refractivity contribution in [2.24, 2.45) is 5.73 Å². The maximum Gasteiger partial charge on any atom is 0.255 e. The van der Waals surface area contributed by atoms with Crippen molar-refractivity contribution >= 4 is 11.8 Å². The van der Waals surface area contributed by atoms with E-state index in [9.17, 15) is 14.0 Å². The van der Waals surface area contributed by atoms with Gasteiger partial charge in [0.15, 0.2) is 18.1 Å². The van der Waals surface area contributed by atoms with Crippen molar-refractivity contribution in [2.75, 3.05) is 13.7 Å². The molecule has 2 amide bonds. The van der Waals surface area contributed by atoms with Crippen LogP contribution >= 0.6 is 0 Å². The zero-order valence-corrected chi connectivity index (χ0v) is 14.5. The number of hydrogen-bond acceptors (Lipinski definition) is 4. The highest BCUT2D eigenvalue weighted by Crippen LogP contribution is 2.28. The molecule has 0 aliphatic rings. The Balaban J connectivity index is 1.86. The minimum absolute atomic E-state index is 0.137. The fourth-order valence-electron chi connectivity index (χ4n) is 2.33. The molecule has 7 heteroatoms. The van der Waals surface area contributed by atoms with Crippen molar-refractivity contribution < 1.29 is 23.5 Å². The van der Waals surface area contributed by atoms with Gasteiger partial charge in [-0.05, 0) is 41.8 Å². The third-order valence-corrected chi connectivity index (χ3v) is 3.62. The molecule has 0 fully saturated rings. The van der Waals surface area contributed by atoms with Gasteiger partial charge < -0.3 is 20.5 Å². The van der Waals surface area contributed by atoms with E-state index in [0.29, 0.717) is 24.5 Å². The Bertz CT molecular complexity index is 780. The number of methoxy groups -OCH3 is 1. The molecule has 0 heterocycles. The third kappa shape index (κ3) is 6.08. The van der Waals surface area contributed by atoms with Crippen molar-refractivity contribution in [1.29, 1.82) is 0 Å². The van der Waals surface area contributed by atoms with E-state index in [2.05, 4.69) is 5.32 Å². The number of halogens is 1. The Kier molecular flexibility index (Phi) is 6.96. The topological polar surface area (TPSA) is 90.7 Å². The van der Waals surface area contributed by atoms with Crippen molar-refractivity contribution in [3.8, 4) is 11.5 Å². The van der Waals surface area contributed by atoms with Crippen molar-refractivity contribution in [1.82, 2.24) is 5.32 Å². The van der Waals surface area contributed by atoms with Crippen LogP contribution in [0.1, 0.15) is 17.5 Å². The number of ether oxygens (including phenoxy) is 2. The quantitative estimate of drug-likeness (QED) is 0.715. The number of nitrogens with one attached hydrogen (secondary N) is 1. The number of carbonyl (C=O) groups is 2. The first kappa shape index (κ1) is 19.2. The van der Waals surface area contributed by atoms with Crippen LogP contribution in [0.4, 0.5) is 4.39 Å². The Labute approximate surface area is 151 Å². The van der Waals surface area contributed by atoms with Gasteiger partial charge in [-0.1, -0.05) is 18.2 Å². The van der Waals surface area contributed by atoms with Gasteiger partial charge in [0.2, 0.25) is 5.91 Å². The number of hydrogen-bond donors (Lipinski definition) is 2. The molecule has 0 radical (unpaired) electrons. The van der Waals surface area contributed by atoms with Gasteiger partial charge in [0.25, 0.3) is 5.91 Å². The predicted octanol–water partition coefficient (Wildman–Crippen LogP) is 1.95. The Morgan fingerprint density at radius 1 is 1.12 bits per heavy atom. The summed E-state index contributed by atoms with van der Waals surface area (Å²) in [4.78, 5) is 22.7. The smallest absolute Gasteiger partial charge is 0.255 e. The number of nitrogens with two attached hydrogens (primary N) is 1. The maximum absolute atomic E-state index is 13.1. The van der Waals surface area contributed by atoms with Gasteiger partial charge in [-0.2, -0.15) is 0 Å². The van der Waals surface area contributed by atoms with Gasteiger partial charge in [0.05, 0.1) is 7.11 Å². The molecule has 0 aliphatic heterocycles. The second-order valence-electron chi connectivity index (χ2n) is 5.65. The van der Waals surface area contributed by atoms with E-state index in [0.717, 1.165) is 11.1 Å². The first-order valence-corrected chi connectivity index (χ1v) is 8.07. The lowest BCUT2D eigenvalue weighted by molar-refractivity contribution is -0.121. The van der Waals surface area contributed by atoms with E-state index in [4.69, 9.17) is 15.2 Å².